The summed E-state index contributed by atoms with van der Waals surface area (Å²) in [6.45, 7) is 3.76. The Morgan fingerprint density at radius 3 is 2.69 bits per heavy atom. The number of benzene rings is 2. The van der Waals surface area contributed by atoms with Crippen LogP contribution in [-0.2, 0) is 29.0 Å². The summed E-state index contributed by atoms with van der Waals surface area (Å²) in [4.78, 5) is 25.8. The van der Waals surface area contributed by atoms with Gasteiger partial charge >= 0.3 is 0 Å². The first kappa shape index (κ1) is 21.8. The average Bonchev–Trinajstić information content (AvgIpc) is 2.79. The summed E-state index contributed by atoms with van der Waals surface area (Å²) < 4.78 is 11.3. The molecule has 1 aliphatic rings. The van der Waals surface area contributed by atoms with Crippen molar-refractivity contribution in [2.75, 3.05) is 32.2 Å². The van der Waals surface area contributed by atoms with Crippen LogP contribution in [0.3, 0.4) is 0 Å². The molecule has 0 spiro atoms. The second-order valence-electron chi connectivity index (χ2n) is 8.01. The first-order valence-electron chi connectivity index (χ1n) is 10.7. The van der Waals surface area contributed by atoms with Gasteiger partial charge in [0.25, 0.3) is 0 Å². The molecule has 0 unspecified atom stereocenters. The van der Waals surface area contributed by atoms with Crippen LogP contribution in [0, 0.1) is 6.92 Å². The van der Waals surface area contributed by atoms with Crippen LogP contribution in [0.5, 0.6) is 11.6 Å². The highest BCUT2D eigenvalue weighted by Gasteiger charge is 2.27. The maximum atomic E-state index is 12.4. The van der Waals surface area contributed by atoms with Crippen molar-refractivity contribution < 1.29 is 14.3 Å². The lowest BCUT2D eigenvalue weighted by Gasteiger charge is -2.30. The lowest BCUT2D eigenvalue weighted by Crippen LogP contribution is -2.39. The molecule has 4 rings (SSSR count). The molecule has 32 heavy (non-hydrogen) atoms. The smallest absolute Gasteiger partial charge is 0.248 e. The third-order valence-electron chi connectivity index (χ3n) is 5.44. The third-order valence-corrected chi connectivity index (χ3v) is 5.44. The third kappa shape index (κ3) is 5.06. The van der Waals surface area contributed by atoms with E-state index >= 15 is 0 Å². The normalized spacial score (nSPS) is 12.9. The van der Waals surface area contributed by atoms with E-state index in [0.717, 1.165) is 16.8 Å². The number of aryl methyl sites for hydroxylation is 1. The van der Waals surface area contributed by atoms with E-state index in [9.17, 15) is 4.79 Å². The number of carbonyl (C=O) groups is 1. The van der Waals surface area contributed by atoms with Crippen LogP contribution < -0.4 is 9.64 Å². The summed E-state index contributed by atoms with van der Waals surface area (Å²) in [5.74, 6) is 1.75. The average molecular weight is 433 g/mol. The number of ether oxygens (including phenoxy) is 2. The molecule has 166 valence electrons. The number of methoxy groups -OCH3 is 1. The molecule has 0 fully saturated rings. The SMILES string of the molecule is COCC(=O)N1CCc2nc(N(C)Cc3ccccc3)nc(Oc3cccc(C)c3)c2C1. The highest BCUT2D eigenvalue weighted by Crippen LogP contribution is 2.31. The van der Waals surface area contributed by atoms with Gasteiger partial charge in [-0.05, 0) is 30.2 Å². The Bertz CT molecular complexity index is 1090. The fourth-order valence-corrected chi connectivity index (χ4v) is 3.77. The molecule has 1 amide bonds. The molecular formula is C25H28N4O3. The predicted molar refractivity (Wildman–Crippen MR) is 123 cm³/mol. The van der Waals surface area contributed by atoms with Gasteiger partial charge in [0, 0.05) is 33.7 Å². The van der Waals surface area contributed by atoms with E-state index in [1.54, 1.807) is 4.90 Å². The number of hydrogen-bond acceptors (Lipinski definition) is 6. The zero-order chi connectivity index (χ0) is 22.5. The molecule has 0 radical (unpaired) electrons. The number of nitrogens with zero attached hydrogens (tertiary/aromatic N) is 4. The van der Waals surface area contributed by atoms with Crippen molar-refractivity contribution in [2.45, 2.75) is 26.4 Å². The summed E-state index contributed by atoms with van der Waals surface area (Å²) in [5.41, 5.74) is 4.04. The molecule has 0 aliphatic carbocycles. The monoisotopic (exact) mass is 432 g/mol. The van der Waals surface area contributed by atoms with Crippen molar-refractivity contribution in [1.82, 2.24) is 14.9 Å². The minimum atomic E-state index is -0.0510. The zero-order valence-corrected chi connectivity index (χ0v) is 18.7. The zero-order valence-electron chi connectivity index (χ0n) is 18.7. The highest BCUT2D eigenvalue weighted by atomic mass is 16.5. The van der Waals surface area contributed by atoms with Crippen molar-refractivity contribution in [2.24, 2.45) is 0 Å². The van der Waals surface area contributed by atoms with E-state index < -0.39 is 0 Å². The number of aromatic nitrogens is 2. The van der Waals surface area contributed by atoms with E-state index in [4.69, 9.17) is 19.4 Å². The molecule has 7 heteroatoms. The number of hydrogen-bond donors (Lipinski definition) is 0. The van der Waals surface area contributed by atoms with E-state index in [0.29, 0.717) is 43.6 Å². The first-order chi connectivity index (χ1) is 15.5. The maximum Gasteiger partial charge on any atom is 0.248 e. The quantitative estimate of drug-likeness (QED) is 0.567. The van der Waals surface area contributed by atoms with Crippen LogP contribution in [0.1, 0.15) is 22.4 Å². The number of anilines is 1. The second-order valence-corrected chi connectivity index (χ2v) is 8.01. The summed E-state index contributed by atoms with van der Waals surface area (Å²) in [6.07, 6.45) is 0.643. The Hall–Kier alpha value is -3.45. The number of fused-ring (bicyclic) bond motifs is 1. The van der Waals surface area contributed by atoms with Gasteiger partial charge < -0.3 is 19.3 Å². The minimum Gasteiger partial charge on any atom is -0.438 e. The summed E-state index contributed by atoms with van der Waals surface area (Å²) in [6, 6.07) is 18.1. The standard InChI is InChI=1S/C25H28N4O3/c1-18-8-7-11-20(14-18)32-24-21-16-29(23(30)17-31-3)13-12-22(21)26-25(27-24)28(2)15-19-9-5-4-6-10-19/h4-11,14H,12-13,15-17H2,1-3H3. The summed E-state index contributed by atoms with van der Waals surface area (Å²) >= 11 is 0. The highest BCUT2D eigenvalue weighted by molar-refractivity contribution is 5.77. The van der Waals surface area contributed by atoms with Crippen LogP contribution >= 0.6 is 0 Å². The molecule has 2 heterocycles. The topological polar surface area (TPSA) is 67.8 Å². The van der Waals surface area contributed by atoms with E-state index in [-0.39, 0.29) is 12.5 Å². The number of rotatable bonds is 7. The van der Waals surface area contributed by atoms with Crippen molar-refractivity contribution in [3.8, 4) is 11.6 Å². The van der Waals surface area contributed by atoms with Crippen molar-refractivity contribution in [3.63, 3.8) is 0 Å². The Morgan fingerprint density at radius 2 is 1.94 bits per heavy atom. The van der Waals surface area contributed by atoms with Gasteiger partial charge in [-0.1, -0.05) is 42.5 Å². The van der Waals surface area contributed by atoms with Crippen LogP contribution in [0.2, 0.25) is 0 Å². The van der Waals surface area contributed by atoms with Crippen LogP contribution in [-0.4, -0.2) is 48.1 Å². The van der Waals surface area contributed by atoms with Gasteiger partial charge in [0.1, 0.15) is 12.4 Å². The molecule has 0 saturated carbocycles. The second kappa shape index (κ2) is 9.78. The summed E-state index contributed by atoms with van der Waals surface area (Å²) in [7, 11) is 3.50. The van der Waals surface area contributed by atoms with Crippen LogP contribution in [0.25, 0.3) is 0 Å². The molecule has 1 aromatic heterocycles. The van der Waals surface area contributed by atoms with Gasteiger partial charge in [0.2, 0.25) is 17.7 Å². The Morgan fingerprint density at radius 1 is 1.12 bits per heavy atom. The molecule has 2 aromatic carbocycles. The number of carbonyl (C=O) groups excluding carboxylic acids is 1. The number of amides is 1. The minimum absolute atomic E-state index is 0.0510. The Labute approximate surface area is 188 Å². The van der Waals surface area contributed by atoms with E-state index in [1.165, 1.54) is 12.7 Å². The lowest BCUT2D eigenvalue weighted by molar-refractivity contribution is -0.136. The lowest BCUT2D eigenvalue weighted by atomic mass is 10.1. The van der Waals surface area contributed by atoms with Gasteiger partial charge in [0.05, 0.1) is 17.8 Å². The van der Waals surface area contributed by atoms with Gasteiger partial charge in [-0.3, -0.25) is 4.79 Å². The molecule has 0 N–H and O–H groups in total. The van der Waals surface area contributed by atoms with E-state index in [1.807, 2.05) is 61.3 Å². The van der Waals surface area contributed by atoms with Crippen LogP contribution in [0.4, 0.5) is 5.95 Å². The van der Waals surface area contributed by atoms with Crippen molar-refractivity contribution in [1.29, 1.82) is 0 Å². The first-order valence-corrected chi connectivity index (χ1v) is 10.7. The van der Waals surface area contributed by atoms with E-state index in [2.05, 4.69) is 12.1 Å². The molecule has 0 saturated heterocycles. The van der Waals surface area contributed by atoms with Crippen LogP contribution in [0.15, 0.2) is 54.6 Å². The van der Waals surface area contributed by atoms with Gasteiger partial charge in [-0.25, -0.2) is 4.98 Å². The maximum absolute atomic E-state index is 12.4. The molecular weight excluding hydrogens is 404 g/mol. The van der Waals surface area contributed by atoms with Gasteiger partial charge in [-0.2, -0.15) is 4.98 Å². The fraction of sp³-hybridized carbons (Fsp3) is 0.320. The molecule has 7 nitrogen and oxygen atoms in total. The molecule has 0 atom stereocenters. The molecule has 3 aromatic rings. The van der Waals surface area contributed by atoms with Crippen molar-refractivity contribution >= 4 is 11.9 Å². The molecule has 1 aliphatic heterocycles. The largest absolute Gasteiger partial charge is 0.438 e. The Balaban J connectivity index is 1.67. The fourth-order valence-electron chi connectivity index (χ4n) is 3.77. The van der Waals surface area contributed by atoms with Crippen molar-refractivity contribution in [3.05, 3.63) is 77.0 Å². The molecule has 0 bridgehead atoms. The van der Waals surface area contributed by atoms with Gasteiger partial charge in [-0.15, -0.1) is 0 Å². The summed E-state index contributed by atoms with van der Waals surface area (Å²) in [5, 5.41) is 0. The van der Waals surface area contributed by atoms with Gasteiger partial charge in [0.15, 0.2) is 0 Å². The Kier molecular flexibility index (Phi) is 6.66. The predicted octanol–water partition coefficient (Wildman–Crippen LogP) is 3.74.